The SMILES string of the molecule is O=C(O)CN(CC(=O)OC(=O)CN(CC(=O)O)C(=O)OCc1ccccc1)C(=O)OCc1ccccc1. The third kappa shape index (κ3) is 10.9. The Bertz CT molecular complexity index is 1020. The summed E-state index contributed by atoms with van der Waals surface area (Å²) in [6.07, 6.45) is -2.29. The quantitative estimate of drug-likeness (QED) is 0.237. The van der Waals surface area contributed by atoms with Crippen LogP contribution in [0.1, 0.15) is 11.1 Å². The van der Waals surface area contributed by atoms with Gasteiger partial charge < -0.3 is 24.4 Å². The Kier molecular flexibility index (Phi) is 11.1. The minimum absolute atomic E-state index is 0.195. The third-order valence-corrected chi connectivity index (χ3v) is 4.45. The number of benzene rings is 2. The molecule has 2 rings (SSSR count). The zero-order valence-corrected chi connectivity index (χ0v) is 19.5. The van der Waals surface area contributed by atoms with Gasteiger partial charge in [0.2, 0.25) is 0 Å². The lowest BCUT2D eigenvalue weighted by Gasteiger charge is -2.20. The van der Waals surface area contributed by atoms with Crippen LogP contribution in [-0.2, 0) is 46.6 Å². The highest BCUT2D eigenvalue weighted by Gasteiger charge is 2.26. The van der Waals surface area contributed by atoms with Crippen molar-refractivity contribution in [3.05, 3.63) is 71.8 Å². The van der Waals surface area contributed by atoms with Gasteiger partial charge in [0.05, 0.1) is 0 Å². The molecule has 2 N–H and O–H groups in total. The summed E-state index contributed by atoms with van der Waals surface area (Å²) < 4.78 is 14.5. The average Bonchev–Trinajstić information content (AvgIpc) is 2.85. The van der Waals surface area contributed by atoms with E-state index in [9.17, 15) is 28.8 Å². The van der Waals surface area contributed by atoms with Crippen LogP contribution >= 0.6 is 0 Å². The van der Waals surface area contributed by atoms with Gasteiger partial charge in [-0.3, -0.25) is 19.4 Å². The van der Waals surface area contributed by atoms with Crippen molar-refractivity contribution < 1.29 is 53.2 Å². The molecule has 0 aliphatic rings. The highest BCUT2D eigenvalue weighted by atomic mass is 16.6. The molecular weight excluding hydrogens is 492 g/mol. The van der Waals surface area contributed by atoms with Gasteiger partial charge in [-0.25, -0.2) is 19.2 Å². The molecule has 0 bridgehead atoms. The highest BCUT2D eigenvalue weighted by Crippen LogP contribution is 2.06. The van der Waals surface area contributed by atoms with E-state index < -0.39 is 62.2 Å². The Morgan fingerprint density at radius 1 is 0.568 bits per heavy atom. The van der Waals surface area contributed by atoms with E-state index in [1.807, 2.05) is 0 Å². The van der Waals surface area contributed by atoms with Crippen molar-refractivity contribution in [2.24, 2.45) is 0 Å². The number of carbonyl (C=O) groups is 6. The number of rotatable bonds is 12. The predicted octanol–water partition coefficient (Wildman–Crippen LogP) is 1.50. The van der Waals surface area contributed by atoms with E-state index in [0.29, 0.717) is 20.9 Å². The zero-order chi connectivity index (χ0) is 27.2. The van der Waals surface area contributed by atoms with Crippen LogP contribution in [0.15, 0.2) is 60.7 Å². The lowest BCUT2D eigenvalue weighted by atomic mass is 10.2. The second-order valence-electron chi connectivity index (χ2n) is 7.43. The van der Waals surface area contributed by atoms with Crippen LogP contribution in [0.25, 0.3) is 0 Å². The molecule has 0 aliphatic carbocycles. The molecule has 0 unspecified atom stereocenters. The van der Waals surface area contributed by atoms with Crippen LogP contribution < -0.4 is 0 Å². The van der Waals surface area contributed by atoms with Crippen molar-refractivity contribution in [2.75, 3.05) is 26.2 Å². The van der Waals surface area contributed by atoms with Gasteiger partial charge in [0.1, 0.15) is 39.4 Å². The van der Waals surface area contributed by atoms with Crippen molar-refractivity contribution in [2.45, 2.75) is 13.2 Å². The lowest BCUT2D eigenvalue weighted by molar-refractivity contribution is -0.160. The first-order valence-corrected chi connectivity index (χ1v) is 10.7. The van der Waals surface area contributed by atoms with E-state index in [0.717, 1.165) is 0 Å². The van der Waals surface area contributed by atoms with Crippen LogP contribution in [0, 0.1) is 0 Å². The monoisotopic (exact) mass is 516 g/mol. The van der Waals surface area contributed by atoms with Gasteiger partial charge in [-0.2, -0.15) is 0 Å². The molecule has 0 atom stereocenters. The molecule has 2 aromatic carbocycles. The molecule has 37 heavy (non-hydrogen) atoms. The number of carbonyl (C=O) groups excluding carboxylic acids is 4. The second kappa shape index (κ2) is 14.5. The molecule has 0 aliphatic heterocycles. The Hall–Kier alpha value is -4.94. The van der Waals surface area contributed by atoms with E-state index in [1.165, 1.54) is 0 Å². The van der Waals surface area contributed by atoms with Crippen LogP contribution in [0.2, 0.25) is 0 Å². The van der Waals surface area contributed by atoms with Crippen molar-refractivity contribution in [1.29, 1.82) is 0 Å². The number of carboxylic acid groups (broad SMARTS) is 2. The summed E-state index contributed by atoms with van der Waals surface area (Å²) in [5.41, 5.74) is 1.23. The van der Waals surface area contributed by atoms with Crippen LogP contribution in [0.4, 0.5) is 9.59 Å². The minimum Gasteiger partial charge on any atom is -0.480 e. The summed E-state index contributed by atoms with van der Waals surface area (Å²) in [4.78, 5) is 72.1. The molecule has 196 valence electrons. The molecule has 13 heteroatoms. The van der Waals surface area contributed by atoms with Gasteiger partial charge in [0.25, 0.3) is 0 Å². The summed E-state index contributed by atoms with van der Waals surface area (Å²) in [7, 11) is 0. The Morgan fingerprint density at radius 3 is 1.24 bits per heavy atom. The van der Waals surface area contributed by atoms with Crippen LogP contribution in [0.3, 0.4) is 0 Å². The fourth-order valence-corrected chi connectivity index (χ4v) is 2.82. The average molecular weight is 516 g/mol. The van der Waals surface area contributed by atoms with Gasteiger partial charge in [-0.1, -0.05) is 60.7 Å². The number of hydrogen-bond donors (Lipinski definition) is 2. The normalized spacial score (nSPS) is 10.1. The first-order valence-electron chi connectivity index (χ1n) is 10.7. The summed E-state index contributed by atoms with van der Waals surface area (Å²) in [5, 5.41) is 18.1. The number of carboxylic acids is 2. The number of aliphatic carboxylic acids is 2. The van der Waals surface area contributed by atoms with E-state index in [4.69, 9.17) is 19.7 Å². The van der Waals surface area contributed by atoms with Crippen LogP contribution in [-0.4, -0.2) is 82.3 Å². The highest BCUT2D eigenvalue weighted by molar-refractivity contribution is 5.91. The first kappa shape index (κ1) is 28.3. The Labute approximate surface area is 210 Å². The zero-order valence-electron chi connectivity index (χ0n) is 19.5. The molecule has 0 saturated carbocycles. The summed E-state index contributed by atoms with van der Waals surface area (Å²) in [6, 6.07) is 16.9. The van der Waals surface area contributed by atoms with Gasteiger partial charge in [0, 0.05) is 0 Å². The van der Waals surface area contributed by atoms with Crippen molar-refractivity contribution in [1.82, 2.24) is 9.80 Å². The molecule has 0 spiro atoms. The Morgan fingerprint density at radius 2 is 0.919 bits per heavy atom. The molecule has 0 heterocycles. The number of amides is 2. The Balaban J connectivity index is 1.92. The largest absolute Gasteiger partial charge is 0.480 e. The molecule has 0 fully saturated rings. The fourth-order valence-electron chi connectivity index (χ4n) is 2.82. The fraction of sp³-hybridized carbons (Fsp3) is 0.250. The third-order valence-electron chi connectivity index (χ3n) is 4.45. The van der Waals surface area contributed by atoms with Crippen molar-refractivity contribution in [3.8, 4) is 0 Å². The van der Waals surface area contributed by atoms with E-state index in [1.54, 1.807) is 60.7 Å². The maximum absolute atomic E-state index is 12.3. The number of ether oxygens (including phenoxy) is 3. The smallest absolute Gasteiger partial charge is 0.411 e. The van der Waals surface area contributed by atoms with E-state index >= 15 is 0 Å². The number of esters is 2. The summed E-state index contributed by atoms with van der Waals surface area (Å²) in [6.45, 7) is -4.15. The topological polar surface area (TPSA) is 177 Å². The molecule has 2 aromatic rings. The van der Waals surface area contributed by atoms with Gasteiger partial charge in [-0.05, 0) is 11.1 Å². The summed E-state index contributed by atoms with van der Waals surface area (Å²) in [5.74, 6) is -5.55. The maximum Gasteiger partial charge on any atom is 0.411 e. The lowest BCUT2D eigenvalue weighted by Crippen LogP contribution is -2.43. The summed E-state index contributed by atoms with van der Waals surface area (Å²) >= 11 is 0. The molecule has 0 aromatic heterocycles. The van der Waals surface area contributed by atoms with E-state index in [2.05, 4.69) is 4.74 Å². The number of nitrogens with zero attached hydrogens (tertiary/aromatic N) is 2. The molecule has 2 amide bonds. The second-order valence-corrected chi connectivity index (χ2v) is 7.43. The first-order chi connectivity index (χ1) is 17.6. The maximum atomic E-state index is 12.3. The van der Waals surface area contributed by atoms with Crippen LogP contribution in [0.5, 0.6) is 0 Å². The van der Waals surface area contributed by atoms with Gasteiger partial charge in [0.15, 0.2) is 0 Å². The molecule has 0 saturated heterocycles. The predicted molar refractivity (Wildman–Crippen MR) is 123 cm³/mol. The standard InChI is InChI=1S/C24H24N2O11/c27-19(28)11-25(23(33)35-15-17-7-3-1-4-8-17)13-21(31)37-22(32)14-26(12-20(29)30)24(34)36-16-18-9-5-2-6-10-18/h1-10H,11-16H2,(H,27,28)(H,29,30). The number of hydrogen-bond acceptors (Lipinski definition) is 9. The van der Waals surface area contributed by atoms with Gasteiger partial charge >= 0.3 is 36.1 Å². The van der Waals surface area contributed by atoms with E-state index in [-0.39, 0.29) is 13.2 Å². The van der Waals surface area contributed by atoms with Crippen molar-refractivity contribution in [3.63, 3.8) is 0 Å². The minimum atomic E-state index is -1.45. The molecular formula is C24H24N2O11. The van der Waals surface area contributed by atoms with Crippen molar-refractivity contribution >= 4 is 36.1 Å². The molecule has 0 radical (unpaired) electrons. The molecule has 13 nitrogen and oxygen atoms in total. The van der Waals surface area contributed by atoms with Gasteiger partial charge in [-0.15, -0.1) is 0 Å².